The monoisotopic (exact) mass is 208 g/mol. The zero-order valence-corrected chi connectivity index (χ0v) is 8.29. The van der Waals surface area contributed by atoms with Crippen LogP contribution in [-0.4, -0.2) is 27.7 Å². The van der Waals surface area contributed by atoms with Crippen molar-refractivity contribution in [3.05, 3.63) is 12.3 Å². The lowest BCUT2D eigenvalue weighted by molar-refractivity contribution is -0.136. The van der Waals surface area contributed by atoms with Gasteiger partial charge in [-0.15, -0.1) is 0 Å². The smallest absolute Gasteiger partial charge is 0.304 e. The summed E-state index contributed by atoms with van der Waals surface area (Å²) < 4.78 is 0. The number of aliphatic hydroxyl groups excluding tert-OH is 1. The molecule has 0 aliphatic rings. The van der Waals surface area contributed by atoms with Gasteiger partial charge in [-0.2, -0.15) is 0 Å². The maximum absolute atomic E-state index is 10.1. The molecular weight excluding hydrogens is 196 g/mol. The van der Waals surface area contributed by atoms with Crippen molar-refractivity contribution < 1.29 is 15.0 Å². The third-order valence-corrected chi connectivity index (χ3v) is 3.36. The molecule has 0 bridgehead atoms. The number of aliphatic hydroxyl groups is 1. The Labute approximate surface area is 79.6 Å². The van der Waals surface area contributed by atoms with Crippen LogP contribution in [0.5, 0.6) is 0 Å². The fourth-order valence-corrected chi connectivity index (χ4v) is 2.43. The van der Waals surface area contributed by atoms with E-state index in [0.717, 1.165) is 5.75 Å². The second kappa shape index (κ2) is 7.36. The Morgan fingerprint density at radius 2 is 1.67 bits per heavy atom. The molecule has 0 radical (unpaired) electrons. The third-order valence-electron chi connectivity index (χ3n) is 0.957. The van der Waals surface area contributed by atoms with Crippen LogP contribution in [0, 0.1) is 0 Å². The summed E-state index contributed by atoms with van der Waals surface area (Å²) in [5, 5.41) is 17.0. The fraction of sp³-hybridized carbons (Fsp3) is 0.571. The summed E-state index contributed by atoms with van der Waals surface area (Å²) in [5.41, 5.74) is 0. The van der Waals surface area contributed by atoms with Crippen LogP contribution in [0.1, 0.15) is 12.8 Å². The Kier molecular flexibility index (Phi) is 7.19. The molecule has 0 saturated carbocycles. The Balaban J connectivity index is 3.01. The molecule has 0 atom stereocenters. The molecule has 0 saturated heterocycles. The predicted molar refractivity (Wildman–Crippen MR) is 53.6 cm³/mol. The Morgan fingerprint density at radius 3 is 2.08 bits per heavy atom. The van der Waals surface area contributed by atoms with E-state index in [1.54, 1.807) is 10.8 Å². The number of carboxylic acid groups (broad SMARTS) is 1. The van der Waals surface area contributed by atoms with Gasteiger partial charge in [-0.3, -0.25) is 4.79 Å². The van der Waals surface area contributed by atoms with Crippen molar-refractivity contribution in [3.8, 4) is 0 Å². The first kappa shape index (κ1) is 11.7. The van der Waals surface area contributed by atoms with Crippen LogP contribution in [0.4, 0.5) is 0 Å². The number of aliphatic carboxylic acids is 1. The van der Waals surface area contributed by atoms with Gasteiger partial charge in [0.25, 0.3) is 0 Å². The standard InChI is InChI=1S/C7H12O3S2/c1-6(8)2-4-11-12-5-3-7(9)10/h8H,1-5H2,(H,9,10). The van der Waals surface area contributed by atoms with E-state index in [4.69, 9.17) is 10.2 Å². The molecule has 5 heteroatoms. The molecule has 0 heterocycles. The van der Waals surface area contributed by atoms with Crippen molar-refractivity contribution in [2.45, 2.75) is 12.8 Å². The normalized spacial score (nSPS) is 9.67. The van der Waals surface area contributed by atoms with Crippen molar-refractivity contribution in [3.63, 3.8) is 0 Å². The maximum atomic E-state index is 10.1. The highest BCUT2D eigenvalue weighted by Crippen LogP contribution is 2.23. The average molecular weight is 208 g/mol. The van der Waals surface area contributed by atoms with E-state index < -0.39 is 5.97 Å². The molecule has 0 spiro atoms. The van der Waals surface area contributed by atoms with Crippen molar-refractivity contribution in [1.29, 1.82) is 0 Å². The van der Waals surface area contributed by atoms with Crippen LogP contribution < -0.4 is 0 Å². The first-order chi connectivity index (χ1) is 5.63. The zero-order chi connectivity index (χ0) is 9.40. The van der Waals surface area contributed by atoms with Gasteiger partial charge in [0.2, 0.25) is 0 Å². The van der Waals surface area contributed by atoms with Crippen molar-refractivity contribution >= 4 is 27.6 Å². The molecule has 70 valence electrons. The summed E-state index contributed by atoms with van der Waals surface area (Å²) in [6, 6.07) is 0. The zero-order valence-electron chi connectivity index (χ0n) is 6.65. The Morgan fingerprint density at radius 1 is 1.17 bits per heavy atom. The van der Waals surface area contributed by atoms with Crippen molar-refractivity contribution in [1.82, 2.24) is 0 Å². The largest absolute Gasteiger partial charge is 0.513 e. The van der Waals surface area contributed by atoms with Crippen LogP contribution in [0.2, 0.25) is 0 Å². The summed E-state index contributed by atoms with van der Waals surface area (Å²) in [5.74, 6) is 0.799. The molecule has 0 aliphatic carbocycles. The Bertz CT molecular complexity index is 141. The topological polar surface area (TPSA) is 57.5 Å². The van der Waals surface area contributed by atoms with Crippen LogP contribution in [0.15, 0.2) is 12.3 Å². The van der Waals surface area contributed by atoms with Crippen LogP contribution in [0.3, 0.4) is 0 Å². The molecule has 0 rings (SSSR count). The van der Waals surface area contributed by atoms with E-state index in [9.17, 15) is 4.79 Å². The minimum Gasteiger partial charge on any atom is -0.513 e. The minimum atomic E-state index is -0.769. The third kappa shape index (κ3) is 9.71. The molecule has 0 aromatic heterocycles. The van der Waals surface area contributed by atoms with E-state index in [1.165, 1.54) is 10.8 Å². The first-order valence-corrected chi connectivity index (χ1v) is 5.94. The molecule has 0 fully saturated rings. The summed E-state index contributed by atoms with van der Waals surface area (Å²) in [4.78, 5) is 10.1. The van der Waals surface area contributed by atoms with Gasteiger partial charge in [0.1, 0.15) is 0 Å². The van der Waals surface area contributed by atoms with E-state index in [-0.39, 0.29) is 12.2 Å². The highest BCUT2D eigenvalue weighted by molar-refractivity contribution is 8.76. The second-order valence-electron chi connectivity index (χ2n) is 2.10. The highest BCUT2D eigenvalue weighted by atomic mass is 33.1. The fourth-order valence-electron chi connectivity index (χ4n) is 0.406. The highest BCUT2D eigenvalue weighted by Gasteiger charge is 1.97. The first-order valence-electron chi connectivity index (χ1n) is 3.46. The summed E-state index contributed by atoms with van der Waals surface area (Å²) in [7, 11) is 3.06. The maximum Gasteiger partial charge on any atom is 0.304 e. The van der Waals surface area contributed by atoms with E-state index in [1.807, 2.05) is 0 Å². The van der Waals surface area contributed by atoms with Gasteiger partial charge in [-0.1, -0.05) is 28.2 Å². The van der Waals surface area contributed by atoms with Gasteiger partial charge >= 0.3 is 5.97 Å². The van der Waals surface area contributed by atoms with E-state index in [2.05, 4.69) is 6.58 Å². The molecular formula is C7H12O3S2. The average Bonchev–Trinajstić information content (AvgIpc) is 1.95. The summed E-state index contributed by atoms with van der Waals surface area (Å²) in [6.07, 6.45) is 0.766. The number of hydrogen-bond acceptors (Lipinski definition) is 4. The SMILES string of the molecule is C=C(O)CCSSCCC(=O)O. The van der Waals surface area contributed by atoms with Crippen LogP contribution >= 0.6 is 21.6 Å². The number of rotatable bonds is 7. The number of hydrogen-bond donors (Lipinski definition) is 2. The van der Waals surface area contributed by atoms with Crippen LogP contribution in [0.25, 0.3) is 0 Å². The molecule has 0 aromatic rings. The van der Waals surface area contributed by atoms with E-state index >= 15 is 0 Å². The summed E-state index contributed by atoms with van der Waals surface area (Å²) >= 11 is 0. The van der Waals surface area contributed by atoms with Gasteiger partial charge in [0.15, 0.2) is 0 Å². The molecule has 0 amide bonds. The van der Waals surface area contributed by atoms with E-state index in [0.29, 0.717) is 12.2 Å². The molecule has 3 nitrogen and oxygen atoms in total. The van der Waals surface area contributed by atoms with Crippen molar-refractivity contribution in [2.75, 3.05) is 11.5 Å². The predicted octanol–water partition coefficient (Wildman–Crippen LogP) is 2.30. The van der Waals surface area contributed by atoms with Gasteiger partial charge in [-0.05, 0) is 0 Å². The molecule has 0 unspecified atom stereocenters. The van der Waals surface area contributed by atoms with Gasteiger partial charge in [0.05, 0.1) is 12.2 Å². The molecule has 2 N–H and O–H groups in total. The van der Waals surface area contributed by atoms with Gasteiger partial charge < -0.3 is 10.2 Å². The Hall–Kier alpha value is -0.290. The summed E-state index contributed by atoms with van der Waals surface area (Å²) in [6.45, 7) is 3.34. The van der Waals surface area contributed by atoms with Gasteiger partial charge in [0, 0.05) is 17.9 Å². The quantitative estimate of drug-likeness (QED) is 0.382. The van der Waals surface area contributed by atoms with Crippen molar-refractivity contribution in [2.24, 2.45) is 0 Å². The molecule has 0 aliphatic heterocycles. The number of carbonyl (C=O) groups is 1. The number of allylic oxidation sites excluding steroid dienone is 1. The second-order valence-corrected chi connectivity index (χ2v) is 4.81. The molecule has 12 heavy (non-hydrogen) atoms. The van der Waals surface area contributed by atoms with Crippen LogP contribution in [-0.2, 0) is 4.79 Å². The lowest BCUT2D eigenvalue weighted by Gasteiger charge is -1.97. The van der Waals surface area contributed by atoms with Gasteiger partial charge in [-0.25, -0.2) is 0 Å². The molecule has 0 aromatic carbocycles. The minimum absolute atomic E-state index is 0.182. The lowest BCUT2D eigenvalue weighted by atomic mass is 10.4. The lowest BCUT2D eigenvalue weighted by Crippen LogP contribution is -1.94. The number of carboxylic acids is 1.